The van der Waals surface area contributed by atoms with Crippen LogP contribution in [-0.4, -0.2) is 43.8 Å². The van der Waals surface area contributed by atoms with Gasteiger partial charge < -0.3 is 10.2 Å². The minimum Gasteiger partial charge on any atom is -0.352 e. The van der Waals surface area contributed by atoms with Crippen LogP contribution in [0.3, 0.4) is 0 Å². The number of amides is 2. The third-order valence-electron chi connectivity index (χ3n) is 7.08. The molecule has 212 valence electrons. The molecule has 7 nitrogen and oxygen atoms in total. The maximum Gasteiger partial charge on any atom is 0.264 e. The summed E-state index contributed by atoms with van der Waals surface area (Å²) in [5.74, 6) is -1.23. The van der Waals surface area contributed by atoms with E-state index >= 15 is 0 Å². The SMILES string of the molecule is CCC(C(=O)NC1CCCC1)N(Cc1ccc(F)cc1)C(=O)CN(c1ccc(Br)cc1)S(=O)(=O)c1ccccc1. The number of carbonyl (C=O) groups excluding carboxylic acids is 2. The normalized spacial score (nSPS) is 14.5. The molecule has 1 N–H and O–H groups in total. The highest BCUT2D eigenvalue weighted by Crippen LogP contribution is 2.26. The summed E-state index contributed by atoms with van der Waals surface area (Å²) >= 11 is 3.37. The molecule has 1 atom stereocenters. The van der Waals surface area contributed by atoms with Crippen LogP contribution < -0.4 is 9.62 Å². The first-order valence-corrected chi connectivity index (χ1v) is 15.6. The van der Waals surface area contributed by atoms with Gasteiger partial charge in [-0.15, -0.1) is 0 Å². The first-order valence-electron chi connectivity index (χ1n) is 13.4. The van der Waals surface area contributed by atoms with Crippen LogP contribution in [0, 0.1) is 5.82 Å². The van der Waals surface area contributed by atoms with Crippen molar-refractivity contribution in [1.29, 1.82) is 0 Å². The molecule has 1 aliphatic rings. The number of nitrogens with one attached hydrogen (secondary N) is 1. The van der Waals surface area contributed by atoms with Crippen LogP contribution in [0.25, 0.3) is 0 Å². The molecule has 0 bridgehead atoms. The van der Waals surface area contributed by atoms with Crippen molar-refractivity contribution in [3.8, 4) is 0 Å². The second kappa shape index (κ2) is 13.4. The van der Waals surface area contributed by atoms with Gasteiger partial charge in [0.15, 0.2) is 0 Å². The smallest absolute Gasteiger partial charge is 0.264 e. The summed E-state index contributed by atoms with van der Waals surface area (Å²) in [5.41, 5.74) is 0.938. The molecule has 0 aromatic heterocycles. The number of anilines is 1. The first-order chi connectivity index (χ1) is 19.2. The molecule has 0 spiro atoms. The monoisotopic (exact) mass is 629 g/mol. The summed E-state index contributed by atoms with van der Waals surface area (Å²) in [6.45, 7) is 1.32. The van der Waals surface area contributed by atoms with Gasteiger partial charge in [0.25, 0.3) is 10.0 Å². The van der Waals surface area contributed by atoms with Crippen molar-refractivity contribution in [3.05, 3.63) is 94.7 Å². The van der Waals surface area contributed by atoms with E-state index in [1.807, 2.05) is 6.92 Å². The number of hydrogen-bond donors (Lipinski definition) is 1. The maximum absolute atomic E-state index is 14.0. The summed E-state index contributed by atoms with van der Waals surface area (Å²) in [4.78, 5) is 28.9. The van der Waals surface area contributed by atoms with Crippen molar-refractivity contribution in [3.63, 3.8) is 0 Å². The quantitative estimate of drug-likeness (QED) is 0.297. The average Bonchev–Trinajstić information content (AvgIpc) is 3.46. The van der Waals surface area contributed by atoms with Gasteiger partial charge >= 0.3 is 0 Å². The molecule has 10 heteroatoms. The Hall–Kier alpha value is -3.24. The summed E-state index contributed by atoms with van der Waals surface area (Å²) in [7, 11) is -4.12. The Kier molecular flexibility index (Phi) is 9.97. The molecule has 0 aliphatic heterocycles. The van der Waals surface area contributed by atoms with Crippen molar-refractivity contribution in [2.75, 3.05) is 10.8 Å². The van der Waals surface area contributed by atoms with Crippen molar-refractivity contribution in [2.45, 2.75) is 62.6 Å². The van der Waals surface area contributed by atoms with E-state index in [2.05, 4.69) is 21.2 Å². The average molecular weight is 631 g/mol. The third kappa shape index (κ3) is 7.28. The first kappa shape index (κ1) is 29.7. The molecule has 0 radical (unpaired) electrons. The van der Waals surface area contributed by atoms with Crippen LogP contribution in [0.1, 0.15) is 44.6 Å². The van der Waals surface area contributed by atoms with E-state index in [4.69, 9.17) is 0 Å². The molecule has 1 saturated carbocycles. The van der Waals surface area contributed by atoms with E-state index < -0.39 is 34.3 Å². The van der Waals surface area contributed by atoms with Crippen LogP contribution in [0.2, 0.25) is 0 Å². The molecule has 1 fully saturated rings. The van der Waals surface area contributed by atoms with Crippen LogP contribution >= 0.6 is 15.9 Å². The maximum atomic E-state index is 14.0. The lowest BCUT2D eigenvalue weighted by Crippen LogP contribution is -2.53. The third-order valence-corrected chi connectivity index (χ3v) is 9.40. The lowest BCUT2D eigenvalue weighted by molar-refractivity contribution is -0.140. The van der Waals surface area contributed by atoms with Gasteiger partial charge in [-0.3, -0.25) is 13.9 Å². The van der Waals surface area contributed by atoms with Gasteiger partial charge in [0, 0.05) is 17.1 Å². The highest BCUT2D eigenvalue weighted by Gasteiger charge is 2.34. The van der Waals surface area contributed by atoms with Gasteiger partial charge in [-0.25, -0.2) is 12.8 Å². The molecule has 40 heavy (non-hydrogen) atoms. The topological polar surface area (TPSA) is 86.8 Å². The second-order valence-corrected chi connectivity index (χ2v) is 12.6. The van der Waals surface area contributed by atoms with E-state index in [1.165, 1.54) is 29.2 Å². The highest BCUT2D eigenvalue weighted by atomic mass is 79.9. The van der Waals surface area contributed by atoms with Gasteiger partial charge in [-0.2, -0.15) is 0 Å². The molecule has 0 heterocycles. The zero-order valence-electron chi connectivity index (χ0n) is 22.3. The molecule has 0 saturated heterocycles. The minimum atomic E-state index is -4.12. The predicted octanol–water partition coefficient (Wildman–Crippen LogP) is 5.65. The van der Waals surface area contributed by atoms with Gasteiger partial charge in [-0.05, 0) is 73.4 Å². The van der Waals surface area contributed by atoms with Crippen molar-refractivity contribution >= 4 is 43.5 Å². The number of hydrogen-bond acceptors (Lipinski definition) is 4. The summed E-state index contributed by atoms with van der Waals surface area (Å²) in [6.07, 6.45) is 4.19. The zero-order chi connectivity index (χ0) is 28.7. The molecule has 1 unspecified atom stereocenters. The largest absolute Gasteiger partial charge is 0.352 e. The lowest BCUT2D eigenvalue weighted by Gasteiger charge is -2.33. The standard InChI is InChI=1S/C30H33BrFN3O4S/c1-2-28(30(37)33-25-8-6-7-9-25)34(20-22-12-16-24(32)17-13-22)29(36)21-35(26-18-14-23(31)15-19-26)40(38,39)27-10-4-3-5-11-27/h3-5,10-19,25,28H,2,6-9,20-21H2,1H3,(H,33,37). The van der Waals surface area contributed by atoms with Gasteiger partial charge in [0.05, 0.1) is 10.6 Å². The Bertz CT molecular complexity index is 1400. The number of rotatable bonds is 11. The van der Waals surface area contributed by atoms with Crippen LogP contribution in [0.15, 0.2) is 88.2 Å². The number of nitrogens with zero attached hydrogens (tertiary/aromatic N) is 2. The number of sulfonamides is 1. The van der Waals surface area contributed by atoms with Gasteiger partial charge in [-0.1, -0.05) is 66.0 Å². The van der Waals surface area contributed by atoms with E-state index in [-0.39, 0.29) is 23.4 Å². The Labute approximate surface area is 243 Å². The predicted molar refractivity (Wildman–Crippen MR) is 157 cm³/mol. The van der Waals surface area contributed by atoms with Crippen LogP contribution in [0.4, 0.5) is 10.1 Å². The lowest BCUT2D eigenvalue weighted by atomic mass is 10.1. The molecule has 3 aromatic carbocycles. The second-order valence-electron chi connectivity index (χ2n) is 9.86. The van der Waals surface area contributed by atoms with Crippen molar-refractivity contribution in [1.82, 2.24) is 10.2 Å². The Balaban J connectivity index is 1.69. The van der Waals surface area contributed by atoms with E-state index in [9.17, 15) is 22.4 Å². The van der Waals surface area contributed by atoms with E-state index in [1.54, 1.807) is 54.6 Å². The number of carbonyl (C=O) groups is 2. The molecule has 3 aromatic rings. The Morgan fingerprint density at radius 2 is 1.60 bits per heavy atom. The summed E-state index contributed by atoms with van der Waals surface area (Å²) in [6, 6.07) is 19.5. The number of halogens is 2. The Morgan fingerprint density at radius 3 is 2.20 bits per heavy atom. The van der Waals surface area contributed by atoms with E-state index in [0.29, 0.717) is 17.7 Å². The molecule has 1 aliphatic carbocycles. The fourth-order valence-corrected chi connectivity index (χ4v) is 6.63. The Morgan fingerprint density at radius 1 is 0.975 bits per heavy atom. The molecule has 4 rings (SSSR count). The van der Waals surface area contributed by atoms with Crippen LogP contribution in [-0.2, 0) is 26.2 Å². The minimum absolute atomic E-state index is 0.0231. The molecule has 2 amide bonds. The van der Waals surface area contributed by atoms with Gasteiger partial charge in [0.1, 0.15) is 18.4 Å². The van der Waals surface area contributed by atoms with Gasteiger partial charge in [0.2, 0.25) is 11.8 Å². The molecular formula is C30H33BrFN3O4S. The summed E-state index contributed by atoms with van der Waals surface area (Å²) in [5, 5.41) is 3.08. The fourth-order valence-electron chi connectivity index (χ4n) is 4.93. The van der Waals surface area contributed by atoms with E-state index in [0.717, 1.165) is 34.5 Å². The number of benzene rings is 3. The van der Waals surface area contributed by atoms with Crippen molar-refractivity contribution < 1.29 is 22.4 Å². The highest BCUT2D eigenvalue weighted by molar-refractivity contribution is 9.10. The van der Waals surface area contributed by atoms with Crippen LogP contribution in [0.5, 0.6) is 0 Å². The fraction of sp³-hybridized carbons (Fsp3) is 0.333. The molecular weight excluding hydrogens is 597 g/mol. The summed E-state index contributed by atoms with van der Waals surface area (Å²) < 4.78 is 43.0. The van der Waals surface area contributed by atoms with Crippen molar-refractivity contribution in [2.24, 2.45) is 0 Å². The zero-order valence-corrected chi connectivity index (χ0v) is 24.7.